The summed E-state index contributed by atoms with van der Waals surface area (Å²) in [7, 11) is 0. The van der Waals surface area contributed by atoms with Crippen molar-refractivity contribution in [3.05, 3.63) is 69.2 Å². The van der Waals surface area contributed by atoms with Crippen LogP contribution in [-0.4, -0.2) is 11.5 Å². The lowest BCUT2D eigenvalue weighted by molar-refractivity contribution is -0.385. The van der Waals surface area contributed by atoms with E-state index in [0.717, 1.165) is 5.56 Å². The van der Waals surface area contributed by atoms with Crippen molar-refractivity contribution < 1.29 is 9.66 Å². The molecule has 0 aromatic heterocycles. The zero-order valence-electron chi connectivity index (χ0n) is 10.5. The number of benzene rings is 2. The molecule has 0 aliphatic rings. The fourth-order valence-corrected chi connectivity index (χ4v) is 1.98. The van der Waals surface area contributed by atoms with E-state index in [0.29, 0.717) is 0 Å². The molecule has 5 nitrogen and oxygen atoms in total. The van der Waals surface area contributed by atoms with Gasteiger partial charge in [-0.3, -0.25) is 10.1 Å². The van der Waals surface area contributed by atoms with Gasteiger partial charge in [0, 0.05) is 6.07 Å². The van der Waals surface area contributed by atoms with Crippen molar-refractivity contribution in [1.29, 1.82) is 0 Å². The minimum Gasteiger partial charge on any atom is -0.484 e. The maximum Gasteiger partial charge on any atom is 0.312 e. The number of nitrogens with zero attached hydrogens (tertiary/aromatic N) is 1. The van der Waals surface area contributed by atoms with Crippen LogP contribution in [0.4, 0.5) is 5.69 Å². The normalized spacial score (nSPS) is 11.9. The summed E-state index contributed by atoms with van der Waals surface area (Å²) in [5.41, 5.74) is 6.70. The summed E-state index contributed by atoms with van der Waals surface area (Å²) in [5.74, 6) is 0.0468. The number of ether oxygens (including phenoxy) is 1. The molecule has 0 heterocycles. The van der Waals surface area contributed by atoms with Crippen LogP contribution in [0.3, 0.4) is 0 Å². The molecule has 1 unspecified atom stereocenters. The van der Waals surface area contributed by atoms with Crippen LogP contribution in [0.25, 0.3) is 0 Å². The molecule has 0 amide bonds. The van der Waals surface area contributed by atoms with E-state index in [-0.39, 0.29) is 29.1 Å². The Hall–Kier alpha value is -2.11. The fourth-order valence-electron chi connectivity index (χ4n) is 1.75. The third-order valence-corrected chi connectivity index (χ3v) is 3.08. The molecule has 0 bridgehead atoms. The first-order chi connectivity index (χ1) is 9.59. The summed E-state index contributed by atoms with van der Waals surface area (Å²) in [6, 6.07) is 13.4. The second kappa shape index (κ2) is 6.36. The third-order valence-electron chi connectivity index (χ3n) is 2.78. The van der Waals surface area contributed by atoms with Gasteiger partial charge in [-0.1, -0.05) is 48.0 Å². The van der Waals surface area contributed by atoms with Gasteiger partial charge in [-0.2, -0.15) is 0 Å². The summed E-state index contributed by atoms with van der Waals surface area (Å²) in [5, 5.41) is 11.1. The molecule has 2 aromatic rings. The maximum atomic E-state index is 10.9. The van der Waals surface area contributed by atoms with Crippen molar-refractivity contribution in [2.45, 2.75) is 6.04 Å². The molecule has 0 saturated heterocycles. The molecule has 6 heteroatoms. The summed E-state index contributed by atoms with van der Waals surface area (Å²) in [4.78, 5) is 10.4. The number of para-hydroxylation sites is 1. The zero-order chi connectivity index (χ0) is 14.5. The monoisotopic (exact) mass is 292 g/mol. The van der Waals surface area contributed by atoms with Crippen LogP contribution in [0.2, 0.25) is 5.02 Å². The Kier molecular flexibility index (Phi) is 4.55. The highest BCUT2D eigenvalue weighted by molar-refractivity contribution is 6.32. The Balaban J connectivity index is 2.13. The van der Waals surface area contributed by atoms with Gasteiger partial charge in [-0.15, -0.1) is 0 Å². The van der Waals surface area contributed by atoms with Gasteiger partial charge in [-0.25, -0.2) is 0 Å². The molecular formula is C14H13ClN2O3. The molecule has 0 fully saturated rings. The largest absolute Gasteiger partial charge is 0.484 e. The standard InChI is InChI=1S/C14H13ClN2O3/c15-11-7-4-8-13(17(18)19)14(11)20-9-12(16)10-5-2-1-3-6-10/h1-8,12H,9,16H2. The highest BCUT2D eigenvalue weighted by Crippen LogP contribution is 2.34. The van der Waals surface area contributed by atoms with Crippen molar-refractivity contribution in [1.82, 2.24) is 0 Å². The van der Waals surface area contributed by atoms with E-state index in [9.17, 15) is 10.1 Å². The predicted molar refractivity (Wildman–Crippen MR) is 77.0 cm³/mol. The Morgan fingerprint density at radius 3 is 2.55 bits per heavy atom. The van der Waals surface area contributed by atoms with Gasteiger partial charge in [0.2, 0.25) is 5.75 Å². The molecular weight excluding hydrogens is 280 g/mol. The van der Waals surface area contributed by atoms with Gasteiger partial charge >= 0.3 is 5.69 Å². The van der Waals surface area contributed by atoms with E-state index in [1.165, 1.54) is 18.2 Å². The smallest absolute Gasteiger partial charge is 0.312 e. The molecule has 0 radical (unpaired) electrons. The number of halogens is 1. The maximum absolute atomic E-state index is 10.9. The Morgan fingerprint density at radius 1 is 1.20 bits per heavy atom. The average Bonchev–Trinajstić information content (AvgIpc) is 2.46. The number of nitrogens with two attached hydrogens (primary N) is 1. The molecule has 2 aromatic carbocycles. The first kappa shape index (κ1) is 14.3. The third kappa shape index (κ3) is 3.26. The van der Waals surface area contributed by atoms with Crippen molar-refractivity contribution in [3.8, 4) is 5.75 Å². The van der Waals surface area contributed by atoms with Crippen LogP contribution in [0, 0.1) is 10.1 Å². The lowest BCUT2D eigenvalue weighted by Crippen LogP contribution is -2.19. The van der Waals surface area contributed by atoms with Crippen molar-refractivity contribution in [2.24, 2.45) is 5.73 Å². The van der Waals surface area contributed by atoms with Crippen molar-refractivity contribution >= 4 is 17.3 Å². The number of nitro groups is 1. The molecule has 0 saturated carbocycles. The van der Waals surface area contributed by atoms with Gasteiger partial charge in [0.15, 0.2) is 0 Å². The minimum absolute atomic E-state index is 0.0468. The van der Waals surface area contributed by atoms with Crippen LogP contribution in [0.1, 0.15) is 11.6 Å². The highest BCUT2D eigenvalue weighted by Gasteiger charge is 2.19. The Bertz CT molecular complexity index is 605. The quantitative estimate of drug-likeness (QED) is 0.677. The second-order valence-electron chi connectivity index (χ2n) is 4.17. The molecule has 0 aliphatic heterocycles. The van der Waals surface area contributed by atoms with Crippen molar-refractivity contribution in [3.63, 3.8) is 0 Å². The number of hydrogen-bond acceptors (Lipinski definition) is 4. The molecule has 20 heavy (non-hydrogen) atoms. The topological polar surface area (TPSA) is 78.4 Å². The van der Waals surface area contributed by atoms with Crippen molar-refractivity contribution in [2.75, 3.05) is 6.61 Å². The zero-order valence-corrected chi connectivity index (χ0v) is 11.3. The number of hydrogen-bond donors (Lipinski definition) is 1. The van der Waals surface area contributed by atoms with E-state index >= 15 is 0 Å². The lowest BCUT2D eigenvalue weighted by atomic mass is 10.1. The Morgan fingerprint density at radius 2 is 1.90 bits per heavy atom. The van der Waals surface area contributed by atoms with Crippen LogP contribution in [0.15, 0.2) is 48.5 Å². The molecule has 104 valence electrons. The van der Waals surface area contributed by atoms with Crippen LogP contribution >= 0.6 is 11.6 Å². The van der Waals surface area contributed by atoms with Gasteiger partial charge < -0.3 is 10.5 Å². The SMILES string of the molecule is NC(COc1c(Cl)cccc1[N+](=O)[O-])c1ccccc1. The summed E-state index contributed by atoms with van der Waals surface area (Å²) < 4.78 is 5.45. The lowest BCUT2D eigenvalue weighted by Gasteiger charge is -2.14. The first-order valence-corrected chi connectivity index (χ1v) is 6.33. The van der Waals surface area contributed by atoms with E-state index in [1.54, 1.807) is 0 Å². The van der Waals surface area contributed by atoms with E-state index < -0.39 is 4.92 Å². The van der Waals surface area contributed by atoms with Gasteiger partial charge in [0.1, 0.15) is 6.61 Å². The number of nitro benzene ring substituents is 1. The average molecular weight is 293 g/mol. The number of rotatable bonds is 5. The summed E-state index contributed by atoms with van der Waals surface area (Å²) >= 11 is 5.93. The predicted octanol–water partition coefficient (Wildman–Crippen LogP) is 3.33. The fraction of sp³-hybridized carbons (Fsp3) is 0.143. The first-order valence-electron chi connectivity index (χ1n) is 5.96. The van der Waals surface area contributed by atoms with Gasteiger partial charge in [0.25, 0.3) is 0 Å². The van der Waals surface area contributed by atoms with Gasteiger partial charge in [0.05, 0.1) is 16.0 Å². The molecule has 2 N–H and O–H groups in total. The van der Waals surface area contributed by atoms with Crippen LogP contribution < -0.4 is 10.5 Å². The van der Waals surface area contributed by atoms with E-state index in [4.69, 9.17) is 22.1 Å². The molecule has 0 spiro atoms. The summed E-state index contributed by atoms with van der Waals surface area (Å²) in [6.07, 6.45) is 0. The molecule has 1 atom stereocenters. The van der Waals surface area contributed by atoms with E-state index in [2.05, 4.69) is 0 Å². The van der Waals surface area contributed by atoms with Crippen LogP contribution in [-0.2, 0) is 0 Å². The van der Waals surface area contributed by atoms with Crippen LogP contribution in [0.5, 0.6) is 5.75 Å². The second-order valence-corrected chi connectivity index (χ2v) is 4.58. The summed E-state index contributed by atoms with van der Waals surface area (Å²) in [6.45, 7) is 0.106. The molecule has 2 rings (SSSR count). The Labute approximate surface area is 121 Å². The van der Waals surface area contributed by atoms with E-state index in [1.807, 2.05) is 30.3 Å². The van der Waals surface area contributed by atoms with Gasteiger partial charge in [-0.05, 0) is 11.6 Å². The highest BCUT2D eigenvalue weighted by atomic mass is 35.5. The molecule has 0 aliphatic carbocycles. The minimum atomic E-state index is -0.532.